The van der Waals surface area contributed by atoms with Crippen LogP contribution < -0.4 is 0 Å². The monoisotopic (exact) mass is 202 g/mol. The van der Waals surface area contributed by atoms with Crippen LogP contribution in [0.5, 0.6) is 0 Å². The van der Waals surface area contributed by atoms with E-state index in [-0.39, 0.29) is 0 Å². The number of rotatable bonds is 8. The molecule has 1 saturated heterocycles. The van der Waals surface area contributed by atoms with Crippen molar-refractivity contribution in [3.05, 3.63) is 0 Å². The average molecular weight is 202 g/mol. The van der Waals surface area contributed by atoms with Crippen LogP contribution in [0.25, 0.3) is 0 Å². The van der Waals surface area contributed by atoms with Gasteiger partial charge in [0.25, 0.3) is 0 Å². The number of unbranched alkanes of at least 4 members (excludes halogenated alkanes) is 1. The van der Waals surface area contributed by atoms with Gasteiger partial charge < -0.3 is 9.47 Å². The van der Waals surface area contributed by atoms with Crippen molar-refractivity contribution < 1.29 is 9.47 Å². The summed E-state index contributed by atoms with van der Waals surface area (Å²) in [5.41, 5.74) is 0. The summed E-state index contributed by atoms with van der Waals surface area (Å²) in [6, 6.07) is 1.43. The highest BCUT2D eigenvalue weighted by Crippen LogP contribution is 2.14. The molecule has 78 valence electrons. The van der Waals surface area contributed by atoms with Gasteiger partial charge in [-0.15, -0.1) is 0 Å². The van der Waals surface area contributed by atoms with Crippen molar-refractivity contribution in [1.29, 1.82) is 0 Å². The van der Waals surface area contributed by atoms with Crippen molar-refractivity contribution in [2.75, 3.05) is 13.2 Å². The van der Waals surface area contributed by atoms with Crippen molar-refractivity contribution in [2.45, 2.75) is 50.9 Å². The first-order valence-corrected chi connectivity index (χ1v) is 7.01. The Morgan fingerprint density at radius 2 is 2.31 bits per heavy atom. The summed E-state index contributed by atoms with van der Waals surface area (Å²) in [4.78, 5) is 0. The molecule has 1 heterocycles. The van der Waals surface area contributed by atoms with Gasteiger partial charge in [-0.2, -0.15) is 0 Å². The molecular weight excluding hydrogens is 180 g/mol. The van der Waals surface area contributed by atoms with Crippen LogP contribution in [-0.2, 0) is 9.47 Å². The molecule has 0 bridgehead atoms. The second-order valence-electron chi connectivity index (χ2n) is 3.81. The maximum Gasteiger partial charge on any atom is 0.104 e. The average Bonchev–Trinajstić information content (AvgIpc) is 2.94. The van der Waals surface area contributed by atoms with E-state index in [1.54, 1.807) is 0 Å². The van der Waals surface area contributed by atoms with Gasteiger partial charge in [-0.25, -0.2) is 0 Å². The van der Waals surface area contributed by atoms with Crippen LogP contribution in [0.1, 0.15) is 32.6 Å². The standard InChI is InChI=1S/C10H22O2Si/c1-2-9(5-3-4-6-13)11-7-10-8-12-10/h9-10H,2-8H2,1,13H3. The normalized spacial score (nSPS) is 23.3. The van der Waals surface area contributed by atoms with E-state index in [2.05, 4.69) is 6.92 Å². The molecule has 0 aromatic rings. The number of hydrogen-bond acceptors (Lipinski definition) is 2. The molecule has 0 spiro atoms. The Morgan fingerprint density at radius 3 is 2.85 bits per heavy atom. The van der Waals surface area contributed by atoms with Crippen LogP contribution in [0.2, 0.25) is 6.04 Å². The van der Waals surface area contributed by atoms with Crippen molar-refractivity contribution in [3.8, 4) is 0 Å². The van der Waals surface area contributed by atoms with Crippen LogP contribution in [0.15, 0.2) is 0 Å². The summed E-state index contributed by atoms with van der Waals surface area (Å²) < 4.78 is 10.9. The van der Waals surface area contributed by atoms with Crippen molar-refractivity contribution in [2.24, 2.45) is 0 Å². The third-order valence-electron chi connectivity index (χ3n) is 2.51. The molecule has 0 aromatic carbocycles. The minimum absolute atomic E-state index is 0.424. The molecule has 0 saturated carbocycles. The zero-order chi connectivity index (χ0) is 9.52. The van der Waals surface area contributed by atoms with Gasteiger partial charge in [0, 0.05) is 10.2 Å². The van der Waals surface area contributed by atoms with Crippen LogP contribution in [0.4, 0.5) is 0 Å². The Hall–Kier alpha value is 0.137. The summed E-state index contributed by atoms with van der Waals surface area (Å²) in [5, 5.41) is 0. The molecule has 1 aliphatic rings. The number of ether oxygens (including phenoxy) is 2. The van der Waals surface area contributed by atoms with Gasteiger partial charge >= 0.3 is 0 Å². The highest BCUT2D eigenvalue weighted by Gasteiger charge is 2.23. The fourth-order valence-electron chi connectivity index (χ4n) is 1.43. The quantitative estimate of drug-likeness (QED) is 0.334. The van der Waals surface area contributed by atoms with Crippen LogP contribution in [0, 0.1) is 0 Å². The zero-order valence-corrected chi connectivity index (χ0v) is 10.9. The Labute approximate surface area is 84.4 Å². The van der Waals surface area contributed by atoms with Crippen LogP contribution in [0.3, 0.4) is 0 Å². The lowest BCUT2D eigenvalue weighted by atomic mass is 10.1. The van der Waals surface area contributed by atoms with E-state index in [1.807, 2.05) is 0 Å². The summed E-state index contributed by atoms with van der Waals surface area (Å²) in [7, 11) is 1.35. The molecular formula is C10H22O2Si. The molecule has 0 aliphatic carbocycles. The van der Waals surface area contributed by atoms with Crippen molar-refractivity contribution >= 4 is 10.2 Å². The Balaban J connectivity index is 1.95. The molecule has 1 fully saturated rings. The Kier molecular flexibility index (Phi) is 5.67. The number of hydrogen-bond donors (Lipinski definition) is 0. The highest BCUT2D eigenvalue weighted by atomic mass is 28.1. The van der Waals surface area contributed by atoms with E-state index in [1.165, 1.54) is 35.5 Å². The largest absolute Gasteiger partial charge is 0.375 e. The molecule has 1 aliphatic heterocycles. The SMILES string of the molecule is CCC(CCCC[SiH3])OCC1CO1. The molecule has 0 N–H and O–H groups in total. The van der Waals surface area contributed by atoms with E-state index in [9.17, 15) is 0 Å². The predicted octanol–water partition coefficient (Wildman–Crippen LogP) is 1.13. The van der Waals surface area contributed by atoms with Crippen LogP contribution >= 0.6 is 0 Å². The summed E-state index contributed by atoms with van der Waals surface area (Å²) in [5.74, 6) is 0. The zero-order valence-electron chi connectivity index (χ0n) is 8.92. The number of epoxide rings is 1. The van der Waals surface area contributed by atoms with E-state index in [4.69, 9.17) is 9.47 Å². The Bertz CT molecular complexity index is 126. The first-order valence-electron chi connectivity index (χ1n) is 5.60. The van der Waals surface area contributed by atoms with E-state index >= 15 is 0 Å². The third-order valence-corrected chi connectivity index (χ3v) is 3.21. The molecule has 13 heavy (non-hydrogen) atoms. The van der Waals surface area contributed by atoms with Gasteiger partial charge in [0.05, 0.1) is 19.3 Å². The second-order valence-corrected chi connectivity index (χ2v) is 4.81. The lowest BCUT2D eigenvalue weighted by molar-refractivity contribution is 0.0337. The summed E-state index contributed by atoms with van der Waals surface area (Å²) in [6.45, 7) is 3.94. The molecule has 0 radical (unpaired) electrons. The topological polar surface area (TPSA) is 21.8 Å². The molecule has 2 nitrogen and oxygen atoms in total. The molecule has 3 heteroatoms. The maximum absolute atomic E-state index is 5.75. The lowest BCUT2D eigenvalue weighted by Gasteiger charge is -2.14. The van der Waals surface area contributed by atoms with Gasteiger partial charge in [-0.05, 0) is 12.8 Å². The summed E-state index contributed by atoms with van der Waals surface area (Å²) in [6.07, 6.45) is 6.03. The summed E-state index contributed by atoms with van der Waals surface area (Å²) >= 11 is 0. The molecule has 2 unspecified atom stereocenters. The van der Waals surface area contributed by atoms with Gasteiger partial charge in [0.1, 0.15) is 6.10 Å². The van der Waals surface area contributed by atoms with E-state index < -0.39 is 0 Å². The van der Waals surface area contributed by atoms with Gasteiger partial charge in [0.15, 0.2) is 0 Å². The van der Waals surface area contributed by atoms with Gasteiger partial charge in [-0.3, -0.25) is 0 Å². The fourth-order valence-corrected chi connectivity index (χ4v) is 1.93. The highest BCUT2D eigenvalue weighted by molar-refractivity contribution is 6.08. The minimum Gasteiger partial charge on any atom is -0.375 e. The Morgan fingerprint density at radius 1 is 1.54 bits per heavy atom. The van der Waals surface area contributed by atoms with E-state index in [0.717, 1.165) is 19.6 Å². The molecule has 0 aromatic heterocycles. The first-order chi connectivity index (χ1) is 6.36. The van der Waals surface area contributed by atoms with Gasteiger partial charge in [0.2, 0.25) is 0 Å². The van der Waals surface area contributed by atoms with Crippen molar-refractivity contribution in [3.63, 3.8) is 0 Å². The second kappa shape index (κ2) is 6.57. The fraction of sp³-hybridized carbons (Fsp3) is 1.00. The van der Waals surface area contributed by atoms with Crippen molar-refractivity contribution in [1.82, 2.24) is 0 Å². The molecule has 0 amide bonds. The lowest BCUT2D eigenvalue weighted by Crippen LogP contribution is -2.15. The molecule has 1 rings (SSSR count). The smallest absolute Gasteiger partial charge is 0.104 e. The van der Waals surface area contributed by atoms with Gasteiger partial charge in [-0.1, -0.05) is 25.8 Å². The maximum atomic E-state index is 5.75. The van der Waals surface area contributed by atoms with E-state index in [0.29, 0.717) is 12.2 Å². The molecule has 2 atom stereocenters. The first kappa shape index (κ1) is 11.2. The van der Waals surface area contributed by atoms with Crippen LogP contribution in [-0.4, -0.2) is 35.7 Å². The third kappa shape index (κ3) is 5.44. The minimum atomic E-state index is 0.424. The predicted molar refractivity (Wildman–Crippen MR) is 58.4 cm³/mol.